The maximum absolute atomic E-state index is 11.1. The van der Waals surface area contributed by atoms with Crippen molar-refractivity contribution in [3.63, 3.8) is 0 Å². The minimum absolute atomic E-state index is 0.238. The van der Waals surface area contributed by atoms with Gasteiger partial charge in [0.1, 0.15) is 24.4 Å². The minimum atomic E-state index is -1.13. The van der Waals surface area contributed by atoms with E-state index in [1.165, 1.54) is 6.07 Å². The van der Waals surface area contributed by atoms with E-state index >= 15 is 0 Å². The molecular formula is C11H15NO5. The molecule has 0 amide bonds. The van der Waals surface area contributed by atoms with E-state index in [4.69, 9.17) is 9.84 Å². The Morgan fingerprint density at radius 1 is 1.35 bits per heavy atom. The summed E-state index contributed by atoms with van der Waals surface area (Å²) in [5.41, 5.74) is 0.942. The summed E-state index contributed by atoms with van der Waals surface area (Å²) in [6.07, 6.45) is -3.78. The fourth-order valence-electron chi connectivity index (χ4n) is 2.05. The second-order valence-electron chi connectivity index (χ2n) is 4.16. The molecule has 0 radical (unpaired) electrons. The van der Waals surface area contributed by atoms with E-state index in [9.17, 15) is 15.0 Å². The molecule has 0 bridgehead atoms. The Bertz CT molecular complexity index is 457. The monoisotopic (exact) mass is 241 g/mol. The maximum atomic E-state index is 11.1. The molecule has 4 atom stereocenters. The number of pyridine rings is 1. The van der Waals surface area contributed by atoms with Gasteiger partial charge in [-0.05, 0) is 13.0 Å². The molecule has 0 aromatic carbocycles. The van der Waals surface area contributed by atoms with E-state index in [0.29, 0.717) is 11.3 Å². The summed E-state index contributed by atoms with van der Waals surface area (Å²) in [5, 5.41) is 28.4. The largest absolute Gasteiger partial charge is 0.394 e. The van der Waals surface area contributed by atoms with Gasteiger partial charge in [-0.2, -0.15) is 0 Å². The fraction of sp³-hybridized carbons (Fsp3) is 0.545. The lowest BCUT2D eigenvalue weighted by atomic mass is 10.0. The van der Waals surface area contributed by atoms with Crippen molar-refractivity contribution in [3.05, 3.63) is 33.7 Å². The number of H-pyrrole nitrogens is 1. The highest BCUT2D eigenvalue weighted by atomic mass is 16.6. The highest BCUT2D eigenvalue weighted by Crippen LogP contribution is 2.33. The molecule has 0 aliphatic carbocycles. The summed E-state index contributed by atoms with van der Waals surface area (Å²) in [4.78, 5) is 13.7. The lowest BCUT2D eigenvalue weighted by Crippen LogP contribution is -2.32. The van der Waals surface area contributed by atoms with Crippen LogP contribution in [0.4, 0.5) is 0 Å². The van der Waals surface area contributed by atoms with E-state index in [-0.39, 0.29) is 12.2 Å². The van der Waals surface area contributed by atoms with Gasteiger partial charge in [-0.1, -0.05) is 0 Å². The average molecular weight is 241 g/mol. The molecule has 1 unspecified atom stereocenters. The van der Waals surface area contributed by atoms with E-state index in [2.05, 4.69) is 4.98 Å². The minimum Gasteiger partial charge on any atom is -0.394 e. The van der Waals surface area contributed by atoms with Crippen molar-refractivity contribution in [2.24, 2.45) is 0 Å². The highest BCUT2D eigenvalue weighted by molar-refractivity contribution is 5.24. The standard InChI is InChI=1S/C11H15NO5/c1-5-6(2-3-8(14)12-5)11-10(16)9(15)7(4-13)17-11/h2-3,7,9-11,13,15-16H,4H2,1H3,(H,12,14)/t7-,9+,10?,11+/m1/s1. The van der Waals surface area contributed by atoms with Crippen LogP contribution in [0.3, 0.4) is 0 Å². The normalized spacial score (nSPS) is 32.9. The molecule has 1 aliphatic heterocycles. The van der Waals surface area contributed by atoms with Crippen molar-refractivity contribution in [2.45, 2.75) is 31.3 Å². The summed E-state index contributed by atoms with van der Waals surface area (Å²) in [6.45, 7) is 1.32. The molecule has 6 nitrogen and oxygen atoms in total. The first kappa shape index (κ1) is 12.3. The van der Waals surface area contributed by atoms with Crippen LogP contribution in [-0.4, -0.2) is 45.2 Å². The lowest BCUT2D eigenvalue weighted by molar-refractivity contribution is -0.0230. The van der Waals surface area contributed by atoms with Crippen LogP contribution >= 0.6 is 0 Å². The molecule has 1 aliphatic rings. The van der Waals surface area contributed by atoms with Crippen LogP contribution in [0.15, 0.2) is 16.9 Å². The van der Waals surface area contributed by atoms with Gasteiger partial charge in [-0.15, -0.1) is 0 Å². The number of aryl methyl sites for hydroxylation is 1. The third kappa shape index (κ3) is 2.12. The Morgan fingerprint density at radius 2 is 2.06 bits per heavy atom. The topological polar surface area (TPSA) is 103 Å². The quantitative estimate of drug-likeness (QED) is 0.523. The van der Waals surface area contributed by atoms with Crippen molar-refractivity contribution in [1.29, 1.82) is 0 Å². The molecule has 94 valence electrons. The van der Waals surface area contributed by atoms with Crippen molar-refractivity contribution in [1.82, 2.24) is 4.98 Å². The molecule has 17 heavy (non-hydrogen) atoms. The van der Waals surface area contributed by atoms with Crippen LogP contribution in [0.2, 0.25) is 0 Å². The maximum Gasteiger partial charge on any atom is 0.248 e. The number of ether oxygens (including phenoxy) is 1. The van der Waals surface area contributed by atoms with Gasteiger partial charge in [0, 0.05) is 17.3 Å². The fourth-order valence-corrected chi connectivity index (χ4v) is 2.05. The molecule has 0 saturated carbocycles. The second-order valence-corrected chi connectivity index (χ2v) is 4.16. The first-order valence-electron chi connectivity index (χ1n) is 5.37. The molecule has 6 heteroatoms. The van der Waals surface area contributed by atoms with Gasteiger partial charge in [0.05, 0.1) is 6.61 Å². The zero-order chi connectivity index (χ0) is 12.6. The lowest BCUT2D eigenvalue weighted by Gasteiger charge is -2.16. The average Bonchev–Trinajstić information content (AvgIpc) is 2.57. The van der Waals surface area contributed by atoms with E-state index in [1.54, 1.807) is 13.0 Å². The Labute approximate surface area is 97.5 Å². The van der Waals surface area contributed by atoms with Crippen LogP contribution in [-0.2, 0) is 4.74 Å². The zero-order valence-corrected chi connectivity index (χ0v) is 9.33. The summed E-state index contributed by atoms with van der Waals surface area (Å²) in [5.74, 6) is 0. The molecule has 1 fully saturated rings. The molecule has 2 heterocycles. The first-order valence-corrected chi connectivity index (χ1v) is 5.37. The van der Waals surface area contributed by atoms with Gasteiger partial charge in [0.2, 0.25) is 5.56 Å². The van der Waals surface area contributed by atoms with E-state index in [0.717, 1.165) is 0 Å². The molecule has 2 rings (SSSR count). The Hall–Kier alpha value is -1.21. The van der Waals surface area contributed by atoms with Gasteiger partial charge >= 0.3 is 0 Å². The van der Waals surface area contributed by atoms with Crippen molar-refractivity contribution >= 4 is 0 Å². The Kier molecular flexibility index (Phi) is 3.30. The van der Waals surface area contributed by atoms with Gasteiger partial charge in [-0.3, -0.25) is 4.79 Å². The van der Waals surface area contributed by atoms with Crippen LogP contribution < -0.4 is 5.56 Å². The molecule has 1 saturated heterocycles. The number of hydrogen-bond acceptors (Lipinski definition) is 5. The predicted molar refractivity (Wildman–Crippen MR) is 58.5 cm³/mol. The van der Waals surface area contributed by atoms with Crippen molar-refractivity contribution < 1.29 is 20.1 Å². The highest BCUT2D eigenvalue weighted by Gasteiger charge is 2.43. The number of nitrogens with one attached hydrogen (secondary N) is 1. The van der Waals surface area contributed by atoms with Gasteiger partial charge in [0.15, 0.2) is 0 Å². The second kappa shape index (κ2) is 4.58. The van der Waals surface area contributed by atoms with Crippen LogP contribution in [0.25, 0.3) is 0 Å². The molecule has 1 aromatic heterocycles. The van der Waals surface area contributed by atoms with Crippen LogP contribution in [0.5, 0.6) is 0 Å². The predicted octanol–water partition coefficient (Wildman–Crippen LogP) is -1.16. The third-order valence-corrected chi connectivity index (χ3v) is 3.01. The van der Waals surface area contributed by atoms with Gasteiger partial charge in [0.25, 0.3) is 0 Å². The molecule has 0 spiro atoms. The first-order chi connectivity index (χ1) is 8.04. The van der Waals surface area contributed by atoms with Crippen molar-refractivity contribution in [3.8, 4) is 0 Å². The van der Waals surface area contributed by atoms with Crippen LogP contribution in [0, 0.1) is 6.92 Å². The Morgan fingerprint density at radius 3 is 2.59 bits per heavy atom. The molecule has 1 aromatic rings. The molecular weight excluding hydrogens is 226 g/mol. The zero-order valence-electron chi connectivity index (χ0n) is 9.33. The number of aromatic nitrogens is 1. The third-order valence-electron chi connectivity index (χ3n) is 3.01. The number of aliphatic hydroxyl groups is 3. The van der Waals surface area contributed by atoms with Crippen LogP contribution in [0.1, 0.15) is 17.4 Å². The number of hydrogen-bond donors (Lipinski definition) is 4. The summed E-state index contributed by atoms with van der Waals surface area (Å²) < 4.78 is 5.37. The number of aromatic amines is 1. The summed E-state index contributed by atoms with van der Waals surface area (Å²) in [7, 11) is 0. The smallest absolute Gasteiger partial charge is 0.248 e. The summed E-state index contributed by atoms with van der Waals surface area (Å²) >= 11 is 0. The number of aliphatic hydroxyl groups excluding tert-OH is 3. The number of rotatable bonds is 2. The van der Waals surface area contributed by atoms with E-state index in [1.807, 2.05) is 0 Å². The van der Waals surface area contributed by atoms with Gasteiger partial charge in [-0.25, -0.2) is 0 Å². The SMILES string of the molecule is Cc1[nH]c(=O)ccc1[C@@H]1O[C@H](CO)[C@H](O)C1O. The Balaban J connectivity index is 2.32. The molecule has 4 N–H and O–H groups in total. The van der Waals surface area contributed by atoms with Gasteiger partial charge < -0.3 is 25.0 Å². The van der Waals surface area contributed by atoms with Crippen molar-refractivity contribution in [2.75, 3.05) is 6.61 Å². The van der Waals surface area contributed by atoms with E-state index < -0.39 is 24.4 Å². The summed E-state index contributed by atoms with van der Waals surface area (Å²) in [6, 6.07) is 2.88.